The summed E-state index contributed by atoms with van der Waals surface area (Å²) in [5.41, 5.74) is 3.01. The summed E-state index contributed by atoms with van der Waals surface area (Å²) in [5, 5.41) is 2.26. The molecule has 0 bridgehead atoms. The fourth-order valence-corrected chi connectivity index (χ4v) is 2.56. The molecule has 4 rings (SSSR count). The second kappa shape index (κ2) is 4.46. The average Bonchev–Trinajstić information content (AvgIpc) is 3.04. The summed E-state index contributed by atoms with van der Waals surface area (Å²) in [6.45, 7) is 0.591. The third-order valence-electron chi connectivity index (χ3n) is 3.64. The number of carbonyl (C=O) groups is 2. The normalized spacial score (nSPS) is 15.2. The zero-order chi connectivity index (χ0) is 14.4. The van der Waals surface area contributed by atoms with Crippen LogP contribution in [0.5, 0.6) is 11.5 Å². The van der Waals surface area contributed by atoms with E-state index in [0.29, 0.717) is 36.7 Å². The van der Waals surface area contributed by atoms with Gasteiger partial charge in [0.1, 0.15) is 11.5 Å². The lowest BCUT2D eigenvalue weighted by atomic mass is 9.87. The van der Waals surface area contributed by atoms with Gasteiger partial charge < -0.3 is 9.39 Å². The Bertz CT molecular complexity index is 787. The van der Waals surface area contributed by atoms with Crippen LogP contribution in [0, 0.1) is 0 Å². The quantitative estimate of drug-likeness (QED) is 0.654. The Morgan fingerprint density at radius 1 is 1.00 bits per heavy atom. The van der Waals surface area contributed by atoms with E-state index in [1.807, 2.05) is 18.2 Å². The molecule has 0 aliphatic carbocycles. The molecule has 0 saturated carbocycles. The van der Waals surface area contributed by atoms with Crippen molar-refractivity contribution in [3.8, 4) is 11.5 Å². The van der Waals surface area contributed by atoms with Crippen LogP contribution in [0.4, 0.5) is 0 Å². The third kappa shape index (κ3) is 2.00. The lowest BCUT2D eigenvalue weighted by Crippen LogP contribution is -2.19. The standard InChI is InChI=1S/C15H10BNO4/c18-14-11-3-1-10(6-12(11)15(19)17-14)21-9-2-4-13-8(5-9)7-20-16-13/h1-6,16H,7H2,(H,17,18,19). The second-order valence-corrected chi connectivity index (χ2v) is 5.02. The van der Waals surface area contributed by atoms with Crippen LogP contribution in [0.15, 0.2) is 36.4 Å². The van der Waals surface area contributed by atoms with E-state index in [1.54, 1.807) is 18.2 Å². The van der Waals surface area contributed by atoms with Crippen molar-refractivity contribution < 1.29 is 19.0 Å². The molecule has 2 heterocycles. The maximum absolute atomic E-state index is 11.6. The van der Waals surface area contributed by atoms with Crippen LogP contribution in [-0.2, 0) is 11.3 Å². The molecule has 0 radical (unpaired) electrons. The number of fused-ring (bicyclic) bond motifs is 2. The van der Waals surface area contributed by atoms with Gasteiger partial charge in [-0.15, -0.1) is 0 Å². The van der Waals surface area contributed by atoms with Crippen LogP contribution in [0.25, 0.3) is 0 Å². The number of carbonyl (C=O) groups excluding carboxylic acids is 2. The van der Waals surface area contributed by atoms with E-state index >= 15 is 0 Å². The molecule has 1 N–H and O–H groups in total. The molecule has 21 heavy (non-hydrogen) atoms. The fraction of sp³-hybridized carbons (Fsp3) is 0.0667. The number of rotatable bonds is 2. The van der Waals surface area contributed by atoms with Gasteiger partial charge in [0.05, 0.1) is 17.7 Å². The monoisotopic (exact) mass is 279 g/mol. The van der Waals surface area contributed by atoms with Crippen molar-refractivity contribution in [3.63, 3.8) is 0 Å². The Morgan fingerprint density at radius 3 is 2.67 bits per heavy atom. The zero-order valence-electron chi connectivity index (χ0n) is 11.0. The number of hydrogen-bond donors (Lipinski definition) is 1. The minimum atomic E-state index is -0.386. The topological polar surface area (TPSA) is 64.6 Å². The van der Waals surface area contributed by atoms with Gasteiger partial charge >= 0.3 is 7.48 Å². The molecule has 0 saturated heterocycles. The number of ether oxygens (including phenoxy) is 1. The van der Waals surface area contributed by atoms with Gasteiger partial charge in [0.15, 0.2) is 0 Å². The number of amides is 2. The molecule has 2 amide bonds. The first-order valence-corrected chi connectivity index (χ1v) is 6.58. The molecular weight excluding hydrogens is 269 g/mol. The molecule has 0 atom stereocenters. The summed E-state index contributed by atoms with van der Waals surface area (Å²) >= 11 is 0. The second-order valence-electron chi connectivity index (χ2n) is 5.02. The minimum absolute atomic E-state index is 0.349. The number of imide groups is 1. The van der Waals surface area contributed by atoms with Crippen LogP contribution in [0.3, 0.4) is 0 Å². The predicted molar refractivity (Wildman–Crippen MR) is 76.3 cm³/mol. The molecule has 0 spiro atoms. The highest BCUT2D eigenvalue weighted by Gasteiger charge is 2.27. The smallest absolute Gasteiger partial charge is 0.309 e. The number of hydrogen-bond acceptors (Lipinski definition) is 4. The molecule has 2 aliphatic rings. The van der Waals surface area contributed by atoms with Gasteiger partial charge in [0, 0.05) is 0 Å². The van der Waals surface area contributed by atoms with Crippen molar-refractivity contribution in [2.24, 2.45) is 0 Å². The lowest BCUT2D eigenvalue weighted by Gasteiger charge is -2.08. The van der Waals surface area contributed by atoms with Gasteiger partial charge in [0.25, 0.3) is 11.8 Å². The highest BCUT2D eigenvalue weighted by Crippen LogP contribution is 2.27. The molecule has 2 aliphatic heterocycles. The Balaban J connectivity index is 1.65. The molecule has 6 heteroatoms. The van der Waals surface area contributed by atoms with Gasteiger partial charge in [-0.2, -0.15) is 0 Å². The van der Waals surface area contributed by atoms with Crippen LogP contribution < -0.4 is 15.5 Å². The summed E-state index contributed by atoms with van der Waals surface area (Å²) < 4.78 is 11.1. The van der Waals surface area contributed by atoms with Gasteiger partial charge in [-0.3, -0.25) is 14.9 Å². The van der Waals surface area contributed by atoms with E-state index in [2.05, 4.69) is 5.32 Å². The molecule has 2 aromatic rings. The molecule has 0 aromatic heterocycles. The highest BCUT2D eigenvalue weighted by molar-refractivity contribution is 6.48. The van der Waals surface area contributed by atoms with Gasteiger partial charge in [0.2, 0.25) is 0 Å². The third-order valence-corrected chi connectivity index (χ3v) is 3.64. The van der Waals surface area contributed by atoms with Crippen LogP contribution in [0.1, 0.15) is 26.3 Å². The highest BCUT2D eigenvalue weighted by atomic mass is 16.5. The number of benzene rings is 2. The van der Waals surface area contributed by atoms with Gasteiger partial charge in [-0.05, 0) is 41.4 Å². The molecule has 0 fully saturated rings. The van der Waals surface area contributed by atoms with E-state index in [9.17, 15) is 9.59 Å². The van der Waals surface area contributed by atoms with Crippen LogP contribution >= 0.6 is 0 Å². The van der Waals surface area contributed by atoms with Crippen molar-refractivity contribution in [2.75, 3.05) is 0 Å². The summed E-state index contributed by atoms with van der Waals surface area (Å²) in [4.78, 5) is 23.1. The minimum Gasteiger partial charge on any atom is -0.457 e. The molecule has 102 valence electrons. The maximum Gasteiger partial charge on any atom is 0.309 e. The molecule has 5 nitrogen and oxygen atoms in total. The van der Waals surface area contributed by atoms with Crippen molar-refractivity contribution in [1.82, 2.24) is 5.32 Å². The van der Waals surface area contributed by atoms with E-state index in [4.69, 9.17) is 9.39 Å². The lowest BCUT2D eigenvalue weighted by molar-refractivity contribution is 0.0879. The molecule has 0 unspecified atom stereocenters. The zero-order valence-corrected chi connectivity index (χ0v) is 11.0. The van der Waals surface area contributed by atoms with Crippen molar-refractivity contribution >= 4 is 24.8 Å². The summed E-state index contributed by atoms with van der Waals surface area (Å²) in [7, 11) is 0.636. The predicted octanol–water partition coefficient (Wildman–Crippen LogP) is 0.869. The van der Waals surface area contributed by atoms with Crippen molar-refractivity contribution in [1.29, 1.82) is 0 Å². The Morgan fingerprint density at radius 2 is 1.76 bits per heavy atom. The average molecular weight is 279 g/mol. The first-order chi connectivity index (χ1) is 10.2. The Labute approximate surface area is 121 Å². The summed E-state index contributed by atoms with van der Waals surface area (Å²) in [5.74, 6) is 0.459. The first kappa shape index (κ1) is 12.2. The van der Waals surface area contributed by atoms with E-state index in [1.165, 1.54) is 5.46 Å². The molecular formula is C15H10BNO4. The maximum atomic E-state index is 11.6. The van der Waals surface area contributed by atoms with E-state index in [-0.39, 0.29) is 11.8 Å². The SMILES string of the molecule is O=C1NC(=O)c2cc(Oc3ccc4c(c3)COB4)ccc21. The Kier molecular flexibility index (Phi) is 2.58. The first-order valence-electron chi connectivity index (χ1n) is 6.58. The van der Waals surface area contributed by atoms with Gasteiger partial charge in [-0.1, -0.05) is 6.07 Å². The van der Waals surface area contributed by atoms with Gasteiger partial charge in [-0.25, -0.2) is 0 Å². The van der Waals surface area contributed by atoms with E-state index < -0.39 is 0 Å². The number of nitrogens with one attached hydrogen (secondary N) is 1. The van der Waals surface area contributed by atoms with Crippen LogP contribution in [-0.4, -0.2) is 19.3 Å². The fourth-order valence-electron chi connectivity index (χ4n) is 2.56. The Hall–Kier alpha value is -2.60. The van der Waals surface area contributed by atoms with Crippen LogP contribution in [0.2, 0.25) is 0 Å². The van der Waals surface area contributed by atoms with E-state index in [0.717, 1.165) is 5.56 Å². The largest absolute Gasteiger partial charge is 0.457 e. The molecule has 2 aromatic carbocycles. The van der Waals surface area contributed by atoms with Crippen molar-refractivity contribution in [3.05, 3.63) is 53.1 Å². The summed E-state index contributed by atoms with van der Waals surface area (Å²) in [6, 6.07) is 10.6. The summed E-state index contributed by atoms with van der Waals surface area (Å²) in [6.07, 6.45) is 0. The van der Waals surface area contributed by atoms with Crippen molar-refractivity contribution in [2.45, 2.75) is 6.61 Å².